The predicted octanol–water partition coefficient (Wildman–Crippen LogP) is 4.54. The number of phenolic OH excluding ortho intramolecular Hbond substituents is 1. The van der Waals surface area contributed by atoms with Crippen molar-refractivity contribution in [3.63, 3.8) is 0 Å². The maximum absolute atomic E-state index is 14.1. The van der Waals surface area contributed by atoms with Crippen LogP contribution in [0.3, 0.4) is 0 Å². The molecule has 0 heterocycles. The summed E-state index contributed by atoms with van der Waals surface area (Å²) in [6.45, 7) is 2.12. The van der Waals surface area contributed by atoms with E-state index in [2.05, 4.69) is 21.3 Å². The number of hydrogen-bond donors (Lipinski definition) is 7. The van der Waals surface area contributed by atoms with Crippen LogP contribution in [-0.2, 0) is 43.2 Å². The van der Waals surface area contributed by atoms with Crippen LogP contribution in [0.2, 0.25) is 0 Å². The Kier molecular flexibility index (Phi) is 16.2. The summed E-state index contributed by atoms with van der Waals surface area (Å²) in [5.74, 6) is -3.07. The molecule has 8 N–H and O–H groups in total. The number of amides is 4. The van der Waals surface area contributed by atoms with Gasteiger partial charge in [0.05, 0.1) is 19.1 Å². The molecule has 0 aromatic heterocycles. The number of aromatic hydroxyl groups is 1. The normalized spacial score (nSPS) is 13.5. The van der Waals surface area contributed by atoms with E-state index in [0.29, 0.717) is 24.9 Å². The first-order valence-corrected chi connectivity index (χ1v) is 20.0. The van der Waals surface area contributed by atoms with Gasteiger partial charge in [0.1, 0.15) is 29.6 Å². The minimum atomic E-state index is -1.35. The van der Waals surface area contributed by atoms with Crippen LogP contribution in [0.15, 0.2) is 121 Å². The van der Waals surface area contributed by atoms with Gasteiger partial charge in [-0.3, -0.25) is 19.2 Å². The number of carbonyl (C=O) groups is 5. The van der Waals surface area contributed by atoms with Crippen molar-refractivity contribution in [3.05, 3.63) is 144 Å². The van der Waals surface area contributed by atoms with Crippen LogP contribution in [0.4, 0.5) is 0 Å². The monoisotopic (exact) mass is 815 g/mol. The highest BCUT2D eigenvalue weighted by Crippen LogP contribution is 2.25. The highest BCUT2D eigenvalue weighted by molar-refractivity contribution is 5.94. The van der Waals surface area contributed by atoms with Gasteiger partial charge in [0, 0.05) is 19.4 Å². The van der Waals surface area contributed by atoms with Crippen LogP contribution in [0.5, 0.6) is 11.5 Å². The maximum atomic E-state index is 14.1. The summed E-state index contributed by atoms with van der Waals surface area (Å²) < 4.78 is 5.31. The third-order valence-electron chi connectivity index (χ3n) is 10.4. The number of carboxylic acid groups (broad SMARTS) is 1. The number of ether oxygens (including phenoxy) is 1. The average molecular weight is 816 g/mol. The van der Waals surface area contributed by atoms with Crippen molar-refractivity contribution < 1.29 is 38.9 Å². The lowest BCUT2D eigenvalue weighted by Crippen LogP contribution is -2.58. The van der Waals surface area contributed by atoms with E-state index in [-0.39, 0.29) is 37.3 Å². The van der Waals surface area contributed by atoms with Gasteiger partial charge in [-0.2, -0.15) is 0 Å². The molecule has 5 aromatic rings. The fraction of sp³-hybridized carbons (Fsp3) is 0.298. The molecule has 0 saturated carbocycles. The van der Waals surface area contributed by atoms with Gasteiger partial charge >= 0.3 is 5.97 Å². The Labute approximate surface area is 349 Å². The molecule has 4 amide bonds. The minimum Gasteiger partial charge on any atom is -0.508 e. The van der Waals surface area contributed by atoms with Crippen molar-refractivity contribution in [3.8, 4) is 11.5 Å². The summed E-state index contributed by atoms with van der Waals surface area (Å²) in [6.07, 6.45) is 1.18. The second-order valence-electron chi connectivity index (χ2n) is 14.9. The summed E-state index contributed by atoms with van der Waals surface area (Å²) >= 11 is 0. The standard InChI is InChI=1S/C47H53N5O8/c1-30(34-18-19-36-29-38(60-2)23-20-35(36)28-34)43(54)49-24-10-9-15-40(45(56)52-42(47(58)59)27-33-16-21-37(53)22-17-33)50-46(57)41(26-32-13-7-4-8-14-32)51-44(55)39(48)25-31-11-5-3-6-12-31/h3-8,11-14,16-23,28-30,39-42,53H,9-10,15,24-27,48H2,1-2H3,(H,49,54)(H,50,57)(H,51,55)(H,52,56)(H,58,59). The molecule has 0 aliphatic heterocycles. The van der Waals surface area contributed by atoms with Crippen molar-refractivity contribution in [1.29, 1.82) is 0 Å². The van der Waals surface area contributed by atoms with Gasteiger partial charge in [0.25, 0.3) is 0 Å². The molecule has 0 bridgehead atoms. The Balaban J connectivity index is 1.26. The molecule has 0 radical (unpaired) electrons. The number of nitrogens with two attached hydrogens (primary N) is 1. The van der Waals surface area contributed by atoms with E-state index < -0.39 is 53.8 Å². The van der Waals surface area contributed by atoms with Gasteiger partial charge in [-0.05, 0) is 89.9 Å². The van der Waals surface area contributed by atoms with Gasteiger partial charge < -0.3 is 42.0 Å². The molecule has 13 heteroatoms. The van der Waals surface area contributed by atoms with Gasteiger partial charge in [-0.15, -0.1) is 0 Å². The second kappa shape index (κ2) is 21.9. The lowest BCUT2D eigenvalue weighted by molar-refractivity contribution is -0.142. The number of aliphatic carboxylic acids is 1. The Morgan fingerprint density at radius 2 is 1.17 bits per heavy atom. The van der Waals surface area contributed by atoms with E-state index in [0.717, 1.165) is 33.2 Å². The predicted molar refractivity (Wildman–Crippen MR) is 229 cm³/mol. The number of carboxylic acids is 1. The fourth-order valence-corrected chi connectivity index (χ4v) is 6.81. The molecule has 0 spiro atoms. The molecule has 5 aromatic carbocycles. The van der Waals surface area contributed by atoms with E-state index >= 15 is 0 Å². The number of fused-ring (bicyclic) bond motifs is 1. The topological polar surface area (TPSA) is 209 Å². The van der Waals surface area contributed by atoms with Crippen molar-refractivity contribution >= 4 is 40.4 Å². The van der Waals surface area contributed by atoms with Crippen LogP contribution in [0.1, 0.15) is 54.4 Å². The smallest absolute Gasteiger partial charge is 0.326 e. The largest absolute Gasteiger partial charge is 0.508 e. The van der Waals surface area contributed by atoms with Gasteiger partial charge in [-0.1, -0.05) is 97.1 Å². The quantitative estimate of drug-likeness (QED) is 0.0518. The highest BCUT2D eigenvalue weighted by atomic mass is 16.5. The van der Waals surface area contributed by atoms with E-state index in [1.165, 1.54) is 12.1 Å². The SMILES string of the molecule is COc1ccc2cc(C(C)C(=O)NCCCCC(NC(=O)C(Cc3ccccc3)NC(=O)C(N)Cc3ccccc3)C(=O)NC(Cc3ccc(O)cc3)C(=O)O)ccc2c1. The molecular formula is C47H53N5O8. The Morgan fingerprint density at radius 3 is 1.82 bits per heavy atom. The molecular weight excluding hydrogens is 763 g/mol. The van der Waals surface area contributed by atoms with Crippen molar-refractivity contribution in [2.75, 3.05) is 13.7 Å². The zero-order valence-corrected chi connectivity index (χ0v) is 33.8. The summed E-state index contributed by atoms with van der Waals surface area (Å²) in [5, 5.41) is 32.8. The van der Waals surface area contributed by atoms with Crippen LogP contribution < -0.4 is 31.7 Å². The number of methoxy groups -OCH3 is 1. The third-order valence-corrected chi connectivity index (χ3v) is 10.4. The van der Waals surface area contributed by atoms with Gasteiger partial charge in [0.15, 0.2) is 0 Å². The minimum absolute atomic E-state index is 0.0105. The summed E-state index contributed by atoms with van der Waals surface area (Å²) in [5.41, 5.74) is 9.30. The molecule has 60 heavy (non-hydrogen) atoms. The molecule has 5 rings (SSSR count). The van der Waals surface area contributed by atoms with E-state index in [1.54, 1.807) is 19.2 Å². The van der Waals surface area contributed by atoms with Crippen molar-refractivity contribution in [2.24, 2.45) is 5.73 Å². The van der Waals surface area contributed by atoms with E-state index in [4.69, 9.17) is 10.5 Å². The zero-order chi connectivity index (χ0) is 43.0. The number of unbranched alkanes of at least 4 members (excludes halogenated alkanes) is 1. The summed E-state index contributed by atoms with van der Waals surface area (Å²) in [6, 6.07) is 31.2. The lowest BCUT2D eigenvalue weighted by Gasteiger charge is -2.25. The van der Waals surface area contributed by atoms with Crippen LogP contribution in [0, 0.1) is 0 Å². The molecule has 0 aliphatic carbocycles. The first-order valence-electron chi connectivity index (χ1n) is 20.0. The number of nitrogens with one attached hydrogen (secondary N) is 4. The first-order chi connectivity index (χ1) is 28.9. The molecule has 5 unspecified atom stereocenters. The molecule has 314 valence electrons. The summed E-state index contributed by atoms with van der Waals surface area (Å²) in [7, 11) is 1.61. The Bertz CT molecular complexity index is 2220. The van der Waals surface area contributed by atoms with Crippen molar-refractivity contribution in [1.82, 2.24) is 21.3 Å². The third kappa shape index (κ3) is 13.1. The zero-order valence-electron chi connectivity index (χ0n) is 33.8. The van der Waals surface area contributed by atoms with Crippen LogP contribution >= 0.6 is 0 Å². The number of benzene rings is 5. The Morgan fingerprint density at radius 1 is 0.617 bits per heavy atom. The highest BCUT2D eigenvalue weighted by Gasteiger charge is 2.31. The second-order valence-corrected chi connectivity index (χ2v) is 14.9. The average Bonchev–Trinajstić information content (AvgIpc) is 3.25. The molecule has 0 fully saturated rings. The molecule has 0 aliphatic rings. The Hall–Kier alpha value is -6.73. The lowest BCUT2D eigenvalue weighted by atomic mass is 9.97. The van der Waals surface area contributed by atoms with Crippen LogP contribution in [0.25, 0.3) is 10.8 Å². The molecule has 0 saturated heterocycles. The van der Waals surface area contributed by atoms with E-state index in [1.807, 2.05) is 104 Å². The molecule has 5 atom stereocenters. The van der Waals surface area contributed by atoms with Crippen LogP contribution in [-0.4, -0.2) is 77.6 Å². The van der Waals surface area contributed by atoms with Gasteiger partial charge in [0.2, 0.25) is 23.6 Å². The fourth-order valence-electron chi connectivity index (χ4n) is 6.81. The first kappa shape index (κ1) is 44.4. The number of phenols is 1. The summed E-state index contributed by atoms with van der Waals surface area (Å²) in [4.78, 5) is 66.9. The molecule has 13 nitrogen and oxygen atoms in total. The number of rotatable bonds is 21. The number of hydrogen-bond acceptors (Lipinski definition) is 8. The number of carbonyl (C=O) groups excluding carboxylic acids is 4. The van der Waals surface area contributed by atoms with Crippen molar-refractivity contribution in [2.45, 2.75) is 75.5 Å². The van der Waals surface area contributed by atoms with Gasteiger partial charge in [-0.25, -0.2) is 4.79 Å². The maximum Gasteiger partial charge on any atom is 0.326 e. The van der Waals surface area contributed by atoms with E-state index in [9.17, 15) is 34.2 Å².